The van der Waals surface area contributed by atoms with Gasteiger partial charge in [-0.2, -0.15) is 0 Å². The van der Waals surface area contributed by atoms with Crippen LogP contribution in [0.15, 0.2) is 66.7 Å². The maximum Gasteiger partial charge on any atom is 0.330 e. The maximum absolute atomic E-state index is 14.1. The summed E-state index contributed by atoms with van der Waals surface area (Å²) in [6, 6.07) is 19.9. The van der Waals surface area contributed by atoms with Crippen molar-refractivity contribution in [3.8, 4) is 0 Å². The number of hydrogen-bond acceptors (Lipinski definition) is 5. The van der Waals surface area contributed by atoms with Gasteiger partial charge in [-0.05, 0) is 52.8 Å². The average Bonchev–Trinajstić information content (AvgIpc) is 3.20. The van der Waals surface area contributed by atoms with Crippen LogP contribution >= 0.6 is 11.6 Å². The van der Waals surface area contributed by atoms with Crippen molar-refractivity contribution in [1.82, 2.24) is 4.90 Å². The summed E-state index contributed by atoms with van der Waals surface area (Å²) in [7, 11) is 0. The van der Waals surface area contributed by atoms with Crippen LogP contribution in [0.2, 0.25) is 5.02 Å². The third kappa shape index (κ3) is 4.03. The standard InChI is InChI=1S/C32H29ClN2O5/c1-16(2)29(32(39)40-15-24(36)34-23-14-18(33)13-12-17(23)3)35-30(37)27-25-19-8-4-5-9-20(19)26(28(27)31(35)38)22-11-7-6-10-21(22)25/h4-14,16,25-29H,15H2,1-3H3,(H,34,36)/t25?,26?,27-,28-,29-/m0/s1. The van der Waals surface area contributed by atoms with Gasteiger partial charge in [0.2, 0.25) is 11.8 Å². The van der Waals surface area contributed by atoms with Crippen molar-refractivity contribution in [2.24, 2.45) is 17.8 Å². The molecule has 3 aromatic carbocycles. The highest BCUT2D eigenvalue weighted by Crippen LogP contribution is 2.61. The number of anilines is 1. The number of carbonyl (C=O) groups is 4. The van der Waals surface area contributed by atoms with E-state index in [0.717, 1.165) is 32.7 Å². The topological polar surface area (TPSA) is 92.8 Å². The minimum Gasteiger partial charge on any atom is -0.454 e. The monoisotopic (exact) mass is 556 g/mol. The molecule has 4 aliphatic rings. The van der Waals surface area contributed by atoms with E-state index in [0.29, 0.717) is 10.7 Å². The van der Waals surface area contributed by atoms with E-state index in [1.807, 2.05) is 55.5 Å². The Kier molecular flexibility index (Phi) is 6.50. The van der Waals surface area contributed by atoms with Gasteiger partial charge in [-0.25, -0.2) is 4.79 Å². The lowest BCUT2D eigenvalue weighted by Gasteiger charge is -2.45. The first kappa shape index (κ1) is 26.3. The van der Waals surface area contributed by atoms with E-state index in [-0.39, 0.29) is 23.7 Å². The summed E-state index contributed by atoms with van der Waals surface area (Å²) in [5.41, 5.74) is 5.56. The normalized spacial score (nSPS) is 23.0. The van der Waals surface area contributed by atoms with E-state index >= 15 is 0 Å². The Morgan fingerprint density at radius 3 is 1.85 bits per heavy atom. The average molecular weight is 557 g/mol. The van der Waals surface area contributed by atoms with Gasteiger partial charge in [-0.3, -0.25) is 19.3 Å². The zero-order chi connectivity index (χ0) is 28.3. The molecular weight excluding hydrogens is 528 g/mol. The fraction of sp³-hybridized carbons (Fsp3) is 0.312. The van der Waals surface area contributed by atoms with E-state index in [4.69, 9.17) is 16.3 Å². The van der Waals surface area contributed by atoms with E-state index in [9.17, 15) is 19.2 Å². The first-order chi connectivity index (χ1) is 19.2. The van der Waals surface area contributed by atoms with Crippen molar-refractivity contribution in [3.63, 3.8) is 0 Å². The molecular formula is C32H29ClN2O5. The lowest BCUT2D eigenvalue weighted by atomic mass is 9.55. The minimum atomic E-state index is -1.14. The number of nitrogens with zero attached hydrogens (tertiary/aromatic N) is 1. The number of ether oxygens (including phenoxy) is 1. The van der Waals surface area contributed by atoms with E-state index in [1.54, 1.807) is 32.0 Å². The lowest BCUT2D eigenvalue weighted by Crippen LogP contribution is -2.49. The van der Waals surface area contributed by atoms with Gasteiger partial charge in [0.15, 0.2) is 6.61 Å². The molecule has 2 bridgehead atoms. The van der Waals surface area contributed by atoms with E-state index < -0.39 is 42.3 Å². The number of likely N-dealkylation sites (tertiary alicyclic amines) is 1. The van der Waals surface area contributed by atoms with Crippen LogP contribution in [0.1, 0.15) is 53.5 Å². The first-order valence-corrected chi connectivity index (χ1v) is 13.8. The summed E-state index contributed by atoms with van der Waals surface area (Å²) >= 11 is 6.03. The third-order valence-electron chi connectivity index (χ3n) is 8.45. The minimum absolute atomic E-state index is 0.264. The molecule has 3 aliphatic carbocycles. The summed E-state index contributed by atoms with van der Waals surface area (Å²) in [6.45, 7) is 4.80. The number of imide groups is 1. The van der Waals surface area contributed by atoms with Gasteiger partial charge < -0.3 is 10.1 Å². The molecule has 40 heavy (non-hydrogen) atoms. The van der Waals surface area contributed by atoms with Gasteiger partial charge in [0.25, 0.3) is 5.91 Å². The molecule has 1 saturated heterocycles. The molecule has 1 N–H and O–H groups in total. The quantitative estimate of drug-likeness (QED) is 0.339. The van der Waals surface area contributed by atoms with Gasteiger partial charge in [-0.15, -0.1) is 0 Å². The number of halogens is 1. The third-order valence-corrected chi connectivity index (χ3v) is 8.69. The van der Waals surface area contributed by atoms with Crippen molar-refractivity contribution in [2.75, 3.05) is 11.9 Å². The highest BCUT2D eigenvalue weighted by Gasteiger charge is 2.63. The van der Waals surface area contributed by atoms with Gasteiger partial charge >= 0.3 is 5.97 Å². The molecule has 8 heteroatoms. The molecule has 0 saturated carbocycles. The van der Waals surface area contributed by atoms with Crippen LogP contribution in [0, 0.1) is 24.7 Å². The molecule has 204 valence electrons. The van der Waals surface area contributed by atoms with Crippen molar-refractivity contribution in [1.29, 1.82) is 0 Å². The Morgan fingerprint density at radius 1 is 0.875 bits per heavy atom. The van der Waals surface area contributed by atoms with Crippen LogP contribution in [0.5, 0.6) is 0 Å². The first-order valence-electron chi connectivity index (χ1n) is 13.5. The summed E-state index contributed by atoms with van der Waals surface area (Å²) < 4.78 is 5.39. The molecule has 1 heterocycles. The van der Waals surface area contributed by atoms with E-state index in [1.165, 1.54) is 0 Å². The SMILES string of the molecule is Cc1ccc(Cl)cc1NC(=O)COC(=O)[C@H](C(C)C)N1C(=O)[C@H]2C3c4ccccc4C(c4ccccc43)[C@@H]2C1=O. The maximum atomic E-state index is 14.1. The fourth-order valence-electron chi connectivity index (χ4n) is 6.79. The Bertz CT molecular complexity index is 1450. The van der Waals surface area contributed by atoms with E-state index in [2.05, 4.69) is 5.32 Å². The molecule has 3 aromatic rings. The predicted molar refractivity (Wildman–Crippen MR) is 150 cm³/mol. The van der Waals surface area contributed by atoms with Crippen LogP contribution in [0.4, 0.5) is 5.69 Å². The zero-order valence-electron chi connectivity index (χ0n) is 22.4. The van der Waals surface area contributed by atoms with Crippen LogP contribution < -0.4 is 5.32 Å². The number of aryl methyl sites for hydroxylation is 1. The lowest BCUT2D eigenvalue weighted by molar-refractivity contribution is -0.162. The second-order valence-corrected chi connectivity index (χ2v) is 11.6. The van der Waals surface area contributed by atoms with Gasteiger partial charge in [0.1, 0.15) is 6.04 Å². The summed E-state index contributed by atoms with van der Waals surface area (Å²) in [6.07, 6.45) is 0. The fourth-order valence-corrected chi connectivity index (χ4v) is 6.96. The molecule has 0 aromatic heterocycles. The van der Waals surface area contributed by atoms with Gasteiger partial charge in [0.05, 0.1) is 11.8 Å². The van der Waals surface area contributed by atoms with Crippen molar-refractivity contribution in [3.05, 3.63) is 99.6 Å². The highest BCUT2D eigenvalue weighted by molar-refractivity contribution is 6.31. The van der Waals surface area contributed by atoms with Crippen molar-refractivity contribution < 1.29 is 23.9 Å². The number of hydrogen-bond donors (Lipinski definition) is 1. The van der Waals surface area contributed by atoms with Crippen LogP contribution in [0.3, 0.4) is 0 Å². The Labute approximate surface area is 237 Å². The Morgan fingerprint density at radius 2 is 1.38 bits per heavy atom. The Hall–Kier alpha value is -3.97. The zero-order valence-corrected chi connectivity index (χ0v) is 23.1. The van der Waals surface area contributed by atoms with Gasteiger partial charge in [-0.1, -0.05) is 80.0 Å². The summed E-state index contributed by atoms with van der Waals surface area (Å²) in [5, 5.41) is 3.16. The molecule has 0 spiro atoms. The molecule has 7 nitrogen and oxygen atoms in total. The molecule has 3 amide bonds. The summed E-state index contributed by atoms with van der Waals surface area (Å²) in [5.74, 6) is -4.17. The molecule has 7 rings (SSSR count). The Balaban J connectivity index is 1.26. The highest BCUT2D eigenvalue weighted by atomic mass is 35.5. The second-order valence-electron chi connectivity index (χ2n) is 11.1. The van der Waals surface area contributed by atoms with Crippen LogP contribution in [0.25, 0.3) is 0 Å². The van der Waals surface area contributed by atoms with Crippen molar-refractivity contribution in [2.45, 2.75) is 38.6 Å². The number of nitrogens with one attached hydrogen (secondary N) is 1. The van der Waals surface area contributed by atoms with Crippen LogP contribution in [-0.4, -0.2) is 41.2 Å². The molecule has 0 radical (unpaired) electrons. The largest absolute Gasteiger partial charge is 0.454 e. The molecule has 3 atom stereocenters. The number of esters is 1. The number of amides is 3. The predicted octanol–water partition coefficient (Wildman–Crippen LogP) is 5.05. The smallest absolute Gasteiger partial charge is 0.330 e. The van der Waals surface area contributed by atoms with Gasteiger partial charge in [0, 0.05) is 22.5 Å². The summed E-state index contributed by atoms with van der Waals surface area (Å²) in [4.78, 5) is 55.2. The molecule has 1 aliphatic heterocycles. The molecule has 0 unspecified atom stereocenters. The second kappa shape index (κ2) is 9.89. The number of rotatable bonds is 6. The molecule has 1 fully saturated rings. The van der Waals surface area contributed by atoms with Crippen molar-refractivity contribution >= 4 is 41.0 Å². The number of carbonyl (C=O) groups excluding carboxylic acids is 4. The number of benzene rings is 3. The van der Waals surface area contributed by atoms with Crippen LogP contribution in [-0.2, 0) is 23.9 Å².